The Morgan fingerprint density at radius 3 is 2.62 bits per heavy atom. The molecule has 0 saturated heterocycles. The topological polar surface area (TPSA) is 78.2 Å². The third-order valence-electron chi connectivity index (χ3n) is 4.79. The summed E-state index contributed by atoms with van der Waals surface area (Å²) < 4.78 is 5.56. The first-order valence-electron chi connectivity index (χ1n) is 9.13. The van der Waals surface area contributed by atoms with Gasteiger partial charge in [0.05, 0.1) is 18.7 Å². The van der Waals surface area contributed by atoms with Crippen LogP contribution in [0.3, 0.4) is 0 Å². The predicted octanol–water partition coefficient (Wildman–Crippen LogP) is 5.54. The third-order valence-corrected chi connectivity index (χ3v) is 4.79. The highest BCUT2D eigenvalue weighted by Gasteiger charge is 2.16. The first-order chi connectivity index (χ1) is 14.1. The van der Waals surface area contributed by atoms with Crippen molar-refractivity contribution in [2.45, 2.75) is 6.92 Å². The molecule has 3 aromatic carbocycles. The average Bonchev–Trinajstić information content (AvgIpc) is 2.73. The van der Waals surface area contributed by atoms with Crippen molar-refractivity contribution in [1.29, 1.82) is 5.26 Å². The van der Waals surface area contributed by atoms with Gasteiger partial charge in [-0.2, -0.15) is 5.26 Å². The lowest BCUT2D eigenvalue weighted by molar-refractivity contribution is 0.416. The monoisotopic (exact) mass is 381 g/mol. The maximum Gasteiger partial charge on any atom is 0.139 e. The van der Waals surface area contributed by atoms with E-state index in [1.165, 1.54) is 0 Å². The number of phenolic OH excluding ortho intramolecular Hbond substituents is 1. The van der Waals surface area contributed by atoms with Gasteiger partial charge in [-0.15, -0.1) is 0 Å². The quantitative estimate of drug-likeness (QED) is 0.485. The highest BCUT2D eigenvalue weighted by Crippen LogP contribution is 2.39. The zero-order valence-electron chi connectivity index (χ0n) is 16.1. The second-order valence-corrected chi connectivity index (χ2v) is 6.74. The molecule has 0 saturated carbocycles. The Bertz CT molecular complexity index is 1260. The van der Waals surface area contributed by atoms with Crippen molar-refractivity contribution in [2.24, 2.45) is 0 Å². The van der Waals surface area contributed by atoms with Gasteiger partial charge in [0.2, 0.25) is 0 Å². The van der Waals surface area contributed by atoms with E-state index in [0.29, 0.717) is 17.1 Å². The second-order valence-electron chi connectivity index (χ2n) is 6.74. The molecule has 0 bridgehead atoms. The Morgan fingerprint density at radius 1 is 1.03 bits per heavy atom. The minimum absolute atomic E-state index is 0.154. The van der Waals surface area contributed by atoms with Gasteiger partial charge >= 0.3 is 0 Å². The number of nitrogens with one attached hydrogen (secondary N) is 1. The maximum atomic E-state index is 9.75. The van der Waals surface area contributed by atoms with Crippen molar-refractivity contribution in [3.63, 3.8) is 0 Å². The lowest BCUT2D eigenvalue weighted by Crippen LogP contribution is -1.98. The van der Waals surface area contributed by atoms with Crippen LogP contribution in [-0.4, -0.2) is 17.2 Å². The summed E-state index contributed by atoms with van der Waals surface area (Å²) in [6, 6.07) is 20.7. The molecule has 0 radical (unpaired) electrons. The lowest BCUT2D eigenvalue weighted by atomic mass is 9.96. The van der Waals surface area contributed by atoms with Crippen LogP contribution < -0.4 is 10.1 Å². The third kappa shape index (κ3) is 3.44. The number of nitrogens with zero attached hydrogens (tertiary/aromatic N) is 2. The number of anilines is 2. The van der Waals surface area contributed by atoms with Crippen molar-refractivity contribution in [2.75, 3.05) is 12.4 Å². The zero-order valence-corrected chi connectivity index (χ0v) is 16.1. The van der Waals surface area contributed by atoms with Gasteiger partial charge in [0.25, 0.3) is 0 Å². The van der Waals surface area contributed by atoms with E-state index in [9.17, 15) is 10.4 Å². The molecule has 142 valence electrons. The molecule has 1 aromatic heterocycles. The summed E-state index contributed by atoms with van der Waals surface area (Å²) in [7, 11) is 1.64. The van der Waals surface area contributed by atoms with Crippen molar-refractivity contribution in [3.05, 3.63) is 78.0 Å². The summed E-state index contributed by atoms with van der Waals surface area (Å²) in [5, 5.41) is 24.3. The average molecular weight is 381 g/mol. The molecular formula is C24H19N3O2. The van der Waals surface area contributed by atoms with E-state index in [2.05, 4.69) is 22.4 Å². The minimum atomic E-state index is 0.154. The molecule has 2 N–H and O–H groups in total. The number of aryl methyl sites for hydroxylation is 1. The fourth-order valence-corrected chi connectivity index (χ4v) is 3.45. The number of phenols is 1. The number of aromatic nitrogens is 1. The number of aromatic hydroxyl groups is 1. The number of benzene rings is 3. The molecule has 29 heavy (non-hydrogen) atoms. The van der Waals surface area contributed by atoms with Gasteiger partial charge in [-0.1, -0.05) is 29.8 Å². The molecule has 0 spiro atoms. The number of pyridine rings is 1. The fraction of sp³-hybridized carbons (Fsp3) is 0.0833. The molecule has 0 fully saturated rings. The predicted molar refractivity (Wildman–Crippen MR) is 115 cm³/mol. The van der Waals surface area contributed by atoms with Crippen molar-refractivity contribution >= 4 is 22.3 Å². The Hall–Kier alpha value is -4.04. The van der Waals surface area contributed by atoms with Crippen LogP contribution >= 0.6 is 0 Å². The second kappa shape index (κ2) is 7.53. The number of nitriles is 1. The molecule has 0 aliphatic heterocycles. The number of hydrogen-bond donors (Lipinski definition) is 2. The minimum Gasteiger partial charge on any atom is -0.508 e. The van der Waals surface area contributed by atoms with Gasteiger partial charge in [0, 0.05) is 34.5 Å². The van der Waals surface area contributed by atoms with Crippen molar-refractivity contribution in [3.8, 4) is 28.7 Å². The molecule has 0 aliphatic carbocycles. The zero-order chi connectivity index (χ0) is 20.4. The molecule has 0 atom stereocenters. The number of hydrogen-bond acceptors (Lipinski definition) is 5. The normalized spacial score (nSPS) is 10.5. The van der Waals surface area contributed by atoms with Crippen LogP contribution in [0, 0.1) is 18.3 Å². The molecular weight excluding hydrogens is 362 g/mol. The molecule has 4 aromatic rings. The Balaban J connectivity index is 1.97. The number of methoxy groups -OCH3 is 1. The van der Waals surface area contributed by atoms with E-state index in [1.807, 2.05) is 37.3 Å². The molecule has 0 amide bonds. The molecule has 0 aliphatic rings. The first-order valence-corrected chi connectivity index (χ1v) is 9.13. The summed E-state index contributed by atoms with van der Waals surface area (Å²) >= 11 is 0. The van der Waals surface area contributed by atoms with Gasteiger partial charge in [-0.3, -0.25) is 0 Å². The molecule has 0 unspecified atom stereocenters. The molecule has 5 heteroatoms. The van der Waals surface area contributed by atoms with Gasteiger partial charge in [-0.05, 0) is 42.6 Å². The number of fused-ring (bicyclic) bond motifs is 1. The van der Waals surface area contributed by atoms with Crippen molar-refractivity contribution in [1.82, 2.24) is 4.98 Å². The van der Waals surface area contributed by atoms with Crippen LogP contribution in [0.1, 0.15) is 11.1 Å². The van der Waals surface area contributed by atoms with E-state index >= 15 is 0 Å². The lowest BCUT2D eigenvalue weighted by Gasteiger charge is -2.16. The van der Waals surface area contributed by atoms with E-state index in [0.717, 1.165) is 33.2 Å². The largest absolute Gasteiger partial charge is 0.508 e. The summed E-state index contributed by atoms with van der Waals surface area (Å²) in [5.74, 6) is 1.45. The van der Waals surface area contributed by atoms with E-state index in [1.54, 1.807) is 37.6 Å². The van der Waals surface area contributed by atoms with Crippen LogP contribution in [0.4, 0.5) is 11.5 Å². The van der Waals surface area contributed by atoms with E-state index in [4.69, 9.17) is 4.74 Å². The van der Waals surface area contributed by atoms with Crippen LogP contribution in [0.2, 0.25) is 0 Å². The van der Waals surface area contributed by atoms with Crippen molar-refractivity contribution < 1.29 is 9.84 Å². The van der Waals surface area contributed by atoms with Crippen LogP contribution in [0.15, 0.2) is 66.9 Å². The molecule has 5 nitrogen and oxygen atoms in total. The first kappa shape index (κ1) is 18.3. The fourth-order valence-electron chi connectivity index (χ4n) is 3.45. The SMILES string of the molecule is COc1ccc(C)cc1-c1cnc(Nc2cccc(O)c2)c2c(C#N)cccc12. The summed E-state index contributed by atoms with van der Waals surface area (Å²) in [6.45, 7) is 2.02. The summed E-state index contributed by atoms with van der Waals surface area (Å²) in [6.07, 6.45) is 1.78. The van der Waals surface area contributed by atoms with Crippen LogP contribution in [-0.2, 0) is 0 Å². The Kier molecular flexibility index (Phi) is 4.76. The number of ether oxygens (including phenoxy) is 1. The van der Waals surface area contributed by atoms with Gasteiger partial charge in [0.1, 0.15) is 17.3 Å². The smallest absolute Gasteiger partial charge is 0.139 e. The summed E-state index contributed by atoms with van der Waals surface area (Å²) in [4.78, 5) is 4.62. The maximum absolute atomic E-state index is 9.75. The van der Waals surface area contributed by atoms with Gasteiger partial charge in [0.15, 0.2) is 0 Å². The highest BCUT2D eigenvalue weighted by atomic mass is 16.5. The van der Waals surface area contributed by atoms with E-state index < -0.39 is 0 Å². The molecule has 4 rings (SSSR count). The Labute approximate surface area is 168 Å². The van der Waals surface area contributed by atoms with Gasteiger partial charge < -0.3 is 15.2 Å². The highest BCUT2D eigenvalue weighted by molar-refractivity contribution is 6.06. The summed E-state index contributed by atoms with van der Waals surface area (Å²) in [5.41, 5.74) is 4.12. The Morgan fingerprint density at radius 2 is 1.86 bits per heavy atom. The van der Waals surface area contributed by atoms with Crippen LogP contribution in [0.5, 0.6) is 11.5 Å². The van der Waals surface area contributed by atoms with Gasteiger partial charge in [-0.25, -0.2) is 4.98 Å². The standard InChI is InChI=1S/C24H19N3O2/c1-15-9-10-22(29-2)20(11-15)21-14-26-24(27-17-6-4-7-18(28)12-17)23-16(13-25)5-3-8-19(21)23/h3-12,14,28H,1-2H3,(H,26,27). The van der Waals surface area contributed by atoms with Crippen LogP contribution in [0.25, 0.3) is 21.9 Å². The number of rotatable bonds is 4. The van der Waals surface area contributed by atoms with E-state index in [-0.39, 0.29) is 5.75 Å². The molecule has 1 heterocycles.